The van der Waals surface area contributed by atoms with E-state index in [2.05, 4.69) is 95.6 Å². The van der Waals surface area contributed by atoms with Gasteiger partial charge in [0.1, 0.15) is 23.3 Å². The predicted molar refractivity (Wildman–Crippen MR) is 160 cm³/mol. The first-order valence-corrected chi connectivity index (χ1v) is 13.1. The van der Waals surface area contributed by atoms with Crippen LogP contribution >= 0.6 is 0 Å². The molecule has 0 atom stereocenters. The zero-order valence-corrected chi connectivity index (χ0v) is 21.2. The molecule has 0 aliphatic carbocycles. The minimum Gasteiger partial charge on any atom is -0.456 e. The number of para-hydroxylation sites is 1. The largest absolute Gasteiger partial charge is 0.456 e. The molecule has 0 unspecified atom stereocenters. The molecular weight excluding hydrogens is 490 g/mol. The van der Waals surface area contributed by atoms with Gasteiger partial charge in [0.05, 0.1) is 22.2 Å². The summed E-state index contributed by atoms with van der Waals surface area (Å²) in [5, 5.41) is 26.0. The zero-order chi connectivity index (χ0) is 26.8. The molecular formula is C36H19N3O. The first-order chi connectivity index (χ1) is 19.7. The lowest BCUT2D eigenvalue weighted by molar-refractivity contribution is 0.669. The van der Waals surface area contributed by atoms with E-state index in [4.69, 9.17) is 4.42 Å². The lowest BCUT2D eigenvalue weighted by Crippen LogP contribution is -1.96. The summed E-state index contributed by atoms with van der Waals surface area (Å²) in [7, 11) is 0. The van der Waals surface area contributed by atoms with E-state index in [0.717, 1.165) is 60.6 Å². The number of nitriles is 2. The van der Waals surface area contributed by atoms with E-state index < -0.39 is 0 Å². The lowest BCUT2D eigenvalue weighted by Gasteiger charge is -2.10. The highest BCUT2D eigenvalue weighted by atomic mass is 16.3. The molecule has 6 aromatic carbocycles. The van der Waals surface area contributed by atoms with Crippen LogP contribution < -0.4 is 0 Å². The van der Waals surface area contributed by atoms with Gasteiger partial charge in [-0.3, -0.25) is 0 Å². The van der Waals surface area contributed by atoms with Gasteiger partial charge in [-0.15, -0.1) is 0 Å². The van der Waals surface area contributed by atoms with Crippen molar-refractivity contribution in [2.24, 2.45) is 0 Å². The van der Waals surface area contributed by atoms with Crippen LogP contribution in [0.1, 0.15) is 11.1 Å². The van der Waals surface area contributed by atoms with Gasteiger partial charge < -0.3 is 8.98 Å². The van der Waals surface area contributed by atoms with Gasteiger partial charge in [0, 0.05) is 27.2 Å². The quantitative estimate of drug-likeness (QED) is 0.233. The highest BCUT2D eigenvalue weighted by Gasteiger charge is 2.17. The molecule has 2 aromatic heterocycles. The van der Waals surface area contributed by atoms with Gasteiger partial charge in [0.2, 0.25) is 0 Å². The Kier molecular flexibility index (Phi) is 4.62. The Morgan fingerprint density at radius 3 is 2.12 bits per heavy atom. The highest BCUT2D eigenvalue weighted by Crippen LogP contribution is 2.40. The summed E-state index contributed by atoms with van der Waals surface area (Å²) >= 11 is 0. The molecule has 40 heavy (non-hydrogen) atoms. The average molecular weight is 510 g/mol. The Balaban J connectivity index is 1.42. The molecule has 8 rings (SSSR count). The van der Waals surface area contributed by atoms with Gasteiger partial charge in [-0.2, -0.15) is 10.5 Å². The van der Waals surface area contributed by atoms with Crippen molar-refractivity contribution in [3.05, 3.63) is 126 Å². The third-order valence-electron chi connectivity index (χ3n) is 7.87. The van der Waals surface area contributed by atoms with Crippen molar-refractivity contribution < 1.29 is 4.42 Å². The summed E-state index contributed by atoms with van der Waals surface area (Å²) in [5.41, 5.74) is 7.61. The number of furan rings is 1. The van der Waals surface area contributed by atoms with E-state index in [1.165, 1.54) is 10.8 Å². The monoisotopic (exact) mass is 509 g/mol. The fourth-order valence-electron chi connectivity index (χ4n) is 6.01. The molecule has 0 aliphatic rings. The Labute approximate surface area is 229 Å². The van der Waals surface area contributed by atoms with E-state index in [9.17, 15) is 10.5 Å². The maximum Gasteiger partial charge on any atom is 0.136 e. The third kappa shape index (κ3) is 3.11. The van der Waals surface area contributed by atoms with E-state index in [1.54, 1.807) is 12.1 Å². The van der Waals surface area contributed by atoms with Crippen LogP contribution in [-0.2, 0) is 0 Å². The minimum absolute atomic E-state index is 0.367. The molecule has 2 heterocycles. The standard InChI is InChI=1S/C36H19N3O/c37-20-25-9-13-27(17-26(25)21-38)39-32-15-12-23(18-31(32)36-28-6-2-1-5-22(28)11-16-33(36)39)24-10-14-30-29-7-3-4-8-34(29)40-35(30)19-24/h1-19H. The summed E-state index contributed by atoms with van der Waals surface area (Å²) in [6.45, 7) is 0. The maximum absolute atomic E-state index is 9.71. The molecule has 0 amide bonds. The first-order valence-electron chi connectivity index (χ1n) is 13.1. The SMILES string of the molecule is N#Cc1ccc(-n2c3ccc(-c4ccc5c(c4)oc4ccccc45)cc3c3c4ccccc4ccc32)cc1C#N. The number of hydrogen-bond acceptors (Lipinski definition) is 3. The predicted octanol–water partition coefficient (Wildman–Crippen LogP) is 9.25. The van der Waals surface area contributed by atoms with Gasteiger partial charge >= 0.3 is 0 Å². The molecule has 0 aliphatic heterocycles. The number of hydrogen-bond donors (Lipinski definition) is 0. The van der Waals surface area contributed by atoms with E-state index in [0.29, 0.717) is 11.1 Å². The second-order valence-electron chi connectivity index (χ2n) is 10.0. The van der Waals surface area contributed by atoms with Gasteiger partial charge in [-0.25, -0.2) is 0 Å². The second kappa shape index (κ2) is 8.33. The molecule has 184 valence electrons. The zero-order valence-electron chi connectivity index (χ0n) is 21.2. The van der Waals surface area contributed by atoms with Crippen molar-refractivity contribution in [2.75, 3.05) is 0 Å². The van der Waals surface area contributed by atoms with Crippen LogP contribution in [-0.4, -0.2) is 4.57 Å². The fraction of sp³-hybridized carbons (Fsp3) is 0. The Morgan fingerprint density at radius 2 is 1.25 bits per heavy atom. The lowest BCUT2D eigenvalue weighted by atomic mass is 9.99. The normalized spacial score (nSPS) is 11.4. The van der Waals surface area contributed by atoms with Crippen molar-refractivity contribution in [2.45, 2.75) is 0 Å². The highest BCUT2D eigenvalue weighted by molar-refractivity contribution is 6.22. The van der Waals surface area contributed by atoms with Gasteiger partial charge in [0.25, 0.3) is 0 Å². The van der Waals surface area contributed by atoms with Gasteiger partial charge in [-0.05, 0) is 76.5 Å². The topological polar surface area (TPSA) is 65.7 Å². The van der Waals surface area contributed by atoms with E-state index in [1.807, 2.05) is 24.3 Å². The molecule has 0 N–H and O–H groups in total. The van der Waals surface area contributed by atoms with Crippen molar-refractivity contribution >= 4 is 54.5 Å². The molecule has 4 nitrogen and oxygen atoms in total. The summed E-state index contributed by atoms with van der Waals surface area (Å²) in [6, 6.07) is 43.5. The number of rotatable bonds is 2. The number of nitrogens with zero attached hydrogens (tertiary/aromatic N) is 3. The molecule has 0 radical (unpaired) electrons. The van der Waals surface area contributed by atoms with E-state index in [-0.39, 0.29) is 0 Å². The number of benzene rings is 6. The van der Waals surface area contributed by atoms with Gasteiger partial charge in [-0.1, -0.05) is 60.7 Å². The number of aromatic nitrogens is 1. The smallest absolute Gasteiger partial charge is 0.136 e. The van der Waals surface area contributed by atoms with Crippen LogP contribution in [0.15, 0.2) is 120 Å². The van der Waals surface area contributed by atoms with Crippen LogP contribution in [0.3, 0.4) is 0 Å². The Morgan fingerprint density at radius 1 is 0.525 bits per heavy atom. The molecule has 8 aromatic rings. The Hall–Kier alpha value is -5.84. The van der Waals surface area contributed by atoms with Gasteiger partial charge in [0.15, 0.2) is 0 Å². The molecule has 0 saturated carbocycles. The van der Waals surface area contributed by atoms with Crippen molar-refractivity contribution in [1.82, 2.24) is 4.57 Å². The second-order valence-corrected chi connectivity index (χ2v) is 10.0. The van der Waals surface area contributed by atoms with Crippen LogP contribution in [0.5, 0.6) is 0 Å². The molecule has 0 bridgehead atoms. The van der Waals surface area contributed by atoms with Crippen LogP contribution in [0.2, 0.25) is 0 Å². The third-order valence-corrected chi connectivity index (χ3v) is 7.87. The number of fused-ring (bicyclic) bond motifs is 8. The summed E-state index contributed by atoms with van der Waals surface area (Å²) in [6.07, 6.45) is 0. The molecule has 0 fully saturated rings. The van der Waals surface area contributed by atoms with Crippen LogP contribution in [0, 0.1) is 22.7 Å². The van der Waals surface area contributed by atoms with Crippen molar-refractivity contribution in [3.63, 3.8) is 0 Å². The first kappa shape index (κ1) is 22.2. The maximum atomic E-state index is 9.71. The van der Waals surface area contributed by atoms with Crippen molar-refractivity contribution in [1.29, 1.82) is 10.5 Å². The fourth-order valence-corrected chi connectivity index (χ4v) is 6.01. The summed E-state index contributed by atoms with van der Waals surface area (Å²) < 4.78 is 8.37. The van der Waals surface area contributed by atoms with Crippen LogP contribution in [0.25, 0.3) is 71.3 Å². The van der Waals surface area contributed by atoms with Crippen LogP contribution in [0.4, 0.5) is 0 Å². The van der Waals surface area contributed by atoms with E-state index >= 15 is 0 Å². The van der Waals surface area contributed by atoms with Crippen molar-refractivity contribution in [3.8, 4) is 29.0 Å². The molecule has 0 saturated heterocycles. The minimum atomic E-state index is 0.367. The average Bonchev–Trinajstić information content (AvgIpc) is 3.55. The molecule has 4 heteroatoms. The molecule has 0 spiro atoms. The Bertz CT molecular complexity index is 2410. The summed E-state index contributed by atoms with van der Waals surface area (Å²) in [4.78, 5) is 0. The summed E-state index contributed by atoms with van der Waals surface area (Å²) in [5.74, 6) is 0.